The lowest BCUT2D eigenvalue weighted by atomic mass is 10.2. The smallest absolute Gasteiger partial charge is 0.364 e. The number of sulfonamides is 1. The zero-order valence-corrected chi connectivity index (χ0v) is 13.9. The van der Waals surface area contributed by atoms with E-state index in [4.69, 9.17) is 4.42 Å². The van der Waals surface area contributed by atoms with E-state index < -0.39 is 15.6 Å². The molecule has 126 valence electrons. The van der Waals surface area contributed by atoms with Gasteiger partial charge >= 0.3 is 5.63 Å². The van der Waals surface area contributed by atoms with Crippen molar-refractivity contribution in [2.24, 2.45) is 7.05 Å². The Hall–Kier alpha value is -3.13. The number of aromatic nitrogens is 2. The first kappa shape index (κ1) is 15.4. The number of benzene rings is 2. The highest BCUT2D eigenvalue weighted by atomic mass is 32.2. The number of anilines is 1. The molecule has 0 saturated heterocycles. The van der Waals surface area contributed by atoms with Crippen LogP contribution in [0.2, 0.25) is 0 Å². The first-order valence-electron chi connectivity index (χ1n) is 7.41. The molecule has 2 aromatic carbocycles. The maximum atomic E-state index is 12.6. The van der Waals surface area contributed by atoms with Crippen LogP contribution in [0.1, 0.15) is 0 Å². The number of hydrogen-bond donors (Lipinski definition) is 1. The second-order valence-corrected chi connectivity index (χ2v) is 7.25. The fourth-order valence-corrected chi connectivity index (χ4v) is 3.80. The van der Waals surface area contributed by atoms with E-state index in [-0.39, 0.29) is 10.4 Å². The third-order valence-electron chi connectivity index (χ3n) is 3.88. The van der Waals surface area contributed by atoms with Gasteiger partial charge < -0.3 is 8.98 Å². The van der Waals surface area contributed by atoms with E-state index in [0.717, 1.165) is 0 Å². The molecule has 4 aromatic rings. The summed E-state index contributed by atoms with van der Waals surface area (Å²) in [5.41, 5.74) is 0.914. The van der Waals surface area contributed by atoms with Gasteiger partial charge in [-0.25, -0.2) is 18.2 Å². The van der Waals surface area contributed by atoms with Gasteiger partial charge in [-0.3, -0.25) is 4.72 Å². The van der Waals surface area contributed by atoms with Crippen LogP contribution in [-0.4, -0.2) is 18.0 Å². The van der Waals surface area contributed by atoms with Gasteiger partial charge in [-0.1, -0.05) is 18.2 Å². The average molecular weight is 355 g/mol. The van der Waals surface area contributed by atoms with Crippen molar-refractivity contribution in [1.82, 2.24) is 9.55 Å². The molecular formula is C17H13N3O4S. The van der Waals surface area contributed by atoms with Crippen LogP contribution in [0.15, 0.2) is 69.0 Å². The molecule has 0 amide bonds. The van der Waals surface area contributed by atoms with E-state index >= 15 is 0 Å². The highest BCUT2D eigenvalue weighted by Gasteiger charge is 2.18. The van der Waals surface area contributed by atoms with Gasteiger partial charge in [-0.15, -0.1) is 0 Å². The molecule has 0 unspecified atom stereocenters. The molecule has 0 aliphatic rings. The van der Waals surface area contributed by atoms with Gasteiger partial charge in [0.2, 0.25) is 0 Å². The van der Waals surface area contributed by atoms with Crippen LogP contribution in [0.25, 0.3) is 22.0 Å². The molecule has 0 saturated carbocycles. The summed E-state index contributed by atoms with van der Waals surface area (Å²) in [5, 5.41) is 0.505. The molecule has 2 aromatic heterocycles. The van der Waals surface area contributed by atoms with E-state index in [1.807, 2.05) is 0 Å². The van der Waals surface area contributed by atoms with Crippen molar-refractivity contribution in [3.05, 3.63) is 65.3 Å². The minimum atomic E-state index is -3.78. The Morgan fingerprint density at radius 2 is 1.88 bits per heavy atom. The monoisotopic (exact) mass is 355 g/mol. The average Bonchev–Trinajstić information content (AvgIpc) is 2.98. The molecule has 25 heavy (non-hydrogen) atoms. The van der Waals surface area contributed by atoms with Crippen LogP contribution >= 0.6 is 0 Å². The number of imidazole rings is 1. The second kappa shape index (κ2) is 5.45. The summed E-state index contributed by atoms with van der Waals surface area (Å²) in [6.07, 6.45) is 1.49. The molecular weight excluding hydrogens is 342 g/mol. The molecule has 8 heteroatoms. The number of fused-ring (bicyclic) bond motifs is 3. The van der Waals surface area contributed by atoms with E-state index in [2.05, 4.69) is 9.71 Å². The summed E-state index contributed by atoms with van der Waals surface area (Å²) in [4.78, 5) is 16.0. The summed E-state index contributed by atoms with van der Waals surface area (Å²) >= 11 is 0. The van der Waals surface area contributed by atoms with E-state index in [1.54, 1.807) is 41.9 Å². The fraction of sp³-hybridized carbons (Fsp3) is 0.0588. The second-order valence-electron chi connectivity index (χ2n) is 5.57. The number of para-hydroxylation sites is 1. The van der Waals surface area contributed by atoms with Crippen molar-refractivity contribution >= 4 is 37.7 Å². The van der Waals surface area contributed by atoms with E-state index in [0.29, 0.717) is 22.2 Å². The lowest BCUT2D eigenvalue weighted by Gasteiger charge is -2.09. The molecule has 0 spiro atoms. The predicted octanol–water partition coefficient (Wildman–Crippen LogP) is 2.48. The standard InChI is InChI=1S/C17H13N3O4S/c1-20-10-18-15-16(20)13-9-12(7-8-14(13)24-17(15)21)25(22,23)19-11-5-3-2-4-6-11/h2-10,19H,1H3. The number of nitrogens with zero attached hydrogens (tertiary/aromatic N) is 2. The third kappa shape index (κ3) is 2.56. The molecule has 0 aliphatic heterocycles. The maximum Gasteiger partial charge on any atom is 0.364 e. The molecule has 0 bridgehead atoms. The first-order valence-corrected chi connectivity index (χ1v) is 8.90. The number of rotatable bonds is 3. The molecule has 0 radical (unpaired) electrons. The summed E-state index contributed by atoms with van der Waals surface area (Å²) in [5.74, 6) is 0. The lowest BCUT2D eigenvalue weighted by Crippen LogP contribution is -2.13. The zero-order chi connectivity index (χ0) is 17.6. The van der Waals surface area contributed by atoms with Crippen LogP contribution in [0.5, 0.6) is 0 Å². The van der Waals surface area contributed by atoms with Crippen molar-refractivity contribution in [2.75, 3.05) is 4.72 Å². The number of nitrogens with one attached hydrogen (secondary N) is 1. The minimum Gasteiger partial charge on any atom is -0.421 e. The normalized spacial score (nSPS) is 11.9. The summed E-state index contributed by atoms with van der Waals surface area (Å²) in [7, 11) is -2.05. The maximum absolute atomic E-state index is 12.6. The van der Waals surface area contributed by atoms with Crippen molar-refractivity contribution in [3.8, 4) is 0 Å². The molecule has 4 rings (SSSR count). The topological polar surface area (TPSA) is 94.2 Å². The van der Waals surface area contributed by atoms with E-state index in [1.165, 1.54) is 24.5 Å². The molecule has 0 fully saturated rings. The molecule has 0 aliphatic carbocycles. The quantitative estimate of drug-likeness (QED) is 0.570. The Kier molecular flexibility index (Phi) is 3.36. The van der Waals surface area contributed by atoms with Gasteiger partial charge in [0.05, 0.1) is 16.7 Å². The summed E-state index contributed by atoms with van der Waals surface area (Å²) < 4.78 is 34.7. The highest BCUT2D eigenvalue weighted by molar-refractivity contribution is 7.92. The largest absolute Gasteiger partial charge is 0.421 e. The molecule has 2 heterocycles. The fourth-order valence-electron chi connectivity index (χ4n) is 2.72. The number of hydrogen-bond acceptors (Lipinski definition) is 5. The predicted molar refractivity (Wildman–Crippen MR) is 94.0 cm³/mol. The van der Waals surface area contributed by atoms with Gasteiger partial charge in [0, 0.05) is 18.1 Å². The van der Waals surface area contributed by atoms with Crippen LogP contribution in [0.3, 0.4) is 0 Å². The van der Waals surface area contributed by atoms with Gasteiger partial charge in [0.1, 0.15) is 5.58 Å². The van der Waals surface area contributed by atoms with E-state index in [9.17, 15) is 13.2 Å². The molecule has 1 N–H and O–H groups in total. The zero-order valence-electron chi connectivity index (χ0n) is 13.1. The van der Waals surface area contributed by atoms with Gasteiger partial charge in [-0.2, -0.15) is 0 Å². The Bertz CT molecular complexity index is 1260. The SMILES string of the molecule is Cn1cnc2c(=O)oc3ccc(S(=O)(=O)Nc4ccccc4)cc3c21. The van der Waals surface area contributed by atoms with Crippen molar-refractivity contribution < 1.29 is 12.8 Å². The minimum absolute atomic E-state index is 0.0696. The lowest BCUT2D eigenvalue weighted by molar-refractivity contribution is 0.567. The van der Waals surface area contributed by atoms with Crippen LogP contribution in [0, 0.1) is 0 Å². The number of aryl methyl sites for hydroxylation is 1. The Balaban J connectivity index is 1.91. The van der Waals surface area contributed by atoms with Crippen molar-refractivity contribution in [2.45, 2.75) is 4.90 Å². The van der Waals surface area contributed by atoms with Crippen LogP contribution in [-0.2, 0) is 17.1 Å². The van der Waals surface area contributed by atoms with Crippen molar-refractivity contribution in [3.63, 3.8) is 0 Å². The Morgan fingerprint density at radius 3 is 2.64 bits per heavy atom. The molecule has 7 nitrogen and oxygen atoms in total. The van der Waals surface area contributed by atoms with Gasteiger partial charge in [0.15, 0.2) is 5.52 Å². The Morgan fingerprint density at radius 1 is 1.12 bits per heavy atom. The summed E-state index contributed by atoms with van der Waals surface area (Å²) in [6.45, 7) is 0. The first-order chi connectivity index (χ1) is 12.0. The van der Waals surface area contributed by atoms with Crippen molar-refractivity contribution in [1.29, 1.82) is 0 Å². The van der Waals surface area contributed by atoms with Crippen LogP contribution in [0.4, 0.5) is 5.69 Å². The Labute approximate surface area is 142 Å². The van der Waals surface area contributed by atoms with Gasteiger partial charge in [0.25, 0.3) is 10.0 Å². The molecule has 0 atom stereocenters. The highest BCUT2D eigenvalue weighted by Crippen LogP contribution is 2.25. The summed E-state index contributed by atoms with van der Waals surface area (Å²) in [6, 6.07) is 13.0. The van der Waals surface area contributed by atoms with Crippen LogP contribution < -0.4 is 10.3 Å². The van der Waals surface area contributed by atoms with Gasteiger partial charge in [-0.05, 0) is 30.3 Å². The third-order valence-corrected chi connectivity index (χ3v) is 5.25.